The lowest BCUT2D eigenvalue weighted by Gasteiger charge is -2.41. The van der Waals surface area contributed by atoms with E-state index >= 15 is 0 Å². The van der Waals surface area contributed by atoms with Crippen LogP contribution in [0.1, 0.15) is 44.7 Å². The number of hydrogen-bond acceptors (Lipinski definition) is 3. The quantitative estimate of drug-likeness (QED) is 0.872. The first-order chi connectivity index (χ1) is 10.2. The van der Waals surface area contributed by atoms with Gasteiger partial charge in [-0.05, 0) is 44.4 Å². The third kappa shape index (κ3) is 4.19. The van der Waals surface area contributed by atoms with Gasteiger partial charge in [0.15, 0.2) is 0 Å². The second kappa shape index (κ2) is 8.14. The third-order valence-corrected chi connectivity index (χ3v) is 4.65. The van der Waals surface area contributed by atoms with Crippen LogP contribution >= 0.6 is 11.6 Å². The molecular weight excluding hydrogens is 284 g/mol. The molecule has 0 amide bonds. The van der Waals surface area contributed by atoms with Crippen molar-refractivity contribution in [1.82, 2.24) is 4.90 Å². The molecule has 1 fully saturated rings. The summed E-state index contributed by atoms with van der Waals surface area (Å²) in [7, 11) is 0. The maximum atomic E-state index is 6.43. The van der Waals surface area contributed by atoms with Gasteiger partial charge < -0.3 is 10.5 Å². The normalized spacial score (nSPS) is 23.0. The van der Waals surface area contributed by atoms with Crippen molar-refractivity contribution < 1.29 is 4.74 Å². The first-order valence-electron chi connectivity index (χ1n) is 8.03. The second-order valence-corrected chi connectivity index (χ2v) is 6.16. The maximum Gasteiger partial charge on any atom is 0.0702 e. The summed E-state index contributed by atoms with van der Waals surface area (Å²) in [6.45, 7) is 6.97. The molecule has 1 saturated heterocycles. The molecular formula is C17H27ClN2O. The summed E-state index contributed by atoms with van der Waals surface area (Å²) in [6.07, 6.45) is 3.55. The van der Waals surface area contributed by atoms with Crippen LogP contribution in [-0.2, 0) is 4.74 Å². The lowest BCUT2D eigenvalue weighted by Crippen LogP contribution is -2.47. The average molecular weight is 311 g/mol. The summed E-state index contributed by atoms with van der Waals surface area (Å²) in [4.78, 5) is 2.46. The zero-order valence-electron chi connectivity index (χ0n) is 13.1. The number of nitrogens with zero attached hydrogens (tertiary/aromatic N) is 1. The molecule has 0 radical (unpaired) electrons. The monoisotopic (exact) mass is 310 g/mol. The maximum absolute atomic E-state index is 6.43. The molecule has 0 aliphatic carbocycles. The van der Waals surface area contributed by atoms with E-state index in [2.05, 4.69) is 24.8 Å². The number of piperidine rings is 1. The fourth-order valence-electron chi connectivity index (χ4n) is 3.23. The van der Waals surface area contributed by atoms with E-state index in [1.54, 1.807) is 0 Å². The van der Waals surface area contributed by atoms with E-state index in [1.165, 1.54) is 0 Å². The molecule has 0 bridgehead atoms. The lowest BCUT2D eigenvalue weighted by molar-refractivity contribution is -0.0115. The first-order valence-corrected chi connectivity index (χ1v) is 8.40. The fraction of sp³-hybridized carbons (Fsp3) is 0.647. The number of rotatable bonds is 6. The molecule has 0 saturated carbocycles. The van der Waals surface area contributed by atoms with Crippen molar-refractivity contribution in [3.05, 3.63) is 34.9 Å². The zero-order chi connectivity index (χ0) is 15.2. The van der Waals surface area contributed by atoms with Crippen LogP contribution < -0.4 is 5.73 Å². The Hall–Kier alpha value is -0.610. The average Bonchev–Trinajstić information content (AvgIpc) is 2.50. The van der Waals surface area contributed by atoms with Gasteiger partial charge in [0.2, 0.25) is 0 Å². The van der Waals surface area contributed by atoms with Gasteiger partial charge in [0.1, 0.15) is 0 Å². The molecule has 1 aromatic carbocycles. The molecule has 118 valence electrons. The Morgan fingerprint density at radius 1 is 1.38 bits per heavy atom. The van der Waals surface area contributed by atoms with E-state index in [9.17, 15) is 0 Å². The molecule has 3 unspecified atom stereocenters. The van der Waals surface area contributed by atoms with Crippen molar-refractivity contribution in [2.45, 2.75) is 51.3 Å². The van der Waals surface area contributed by atoms with Crippen molar-refractivity contribution in [3.63, 3.8) is 0 Å². The Morgan fingerprint density at radius 2 is 2.14 bits per heavy atom. The SMILES string of the molecule is CCOC1CCCN(C(c2ccccc2Cl)C(N)CC)C1. The van der Waals surface area contributed by atoms with Crippen LogP contribution in [0.2, 0.25) is 5.02 Å². The largest absolute Gasteiger partial charge is 0.377 e. The zero-order valence-corrected chi connectivity index (χ0v) is 13.9. The van der Waals surface area contributed by atoms with Gasteiger partial charge in [0, 0.05) is 24.2 Å². The number of halogens is 1. The molecule has 2 N–H and O–H groups in total. The van der Waals surface area contributed by atoms with Crippen molar-refractivity contribution >= 4 is 11.6 Å². The minimum absolute atomic E-state index is 0.0882. The van der Waals surface area contributed by atoms with Crippen molar-refractivity contribution in [3.8, 4) is 0 Å². The summed E-state index contributed by atoms with van der Waals surface area (Å²) in [5.41, 5.74) is 7.57. The van der Waals surface area contributed by atoms with Crippen LogP contribution in [0.3, 0.4) is 0 Å². The molecule has 1 aliphatic heterocycles. The lowest BCUT2D eigenvalue weighted by atomic mass is 9.93. The van der Waals surface area contributed by atoms with E-state index in [-0.39, 0.29) is 12.1 Å². The first kappa shape index (κ1) is 16.8. The van der Waals surface area contributed by atoms with Crippen LogP contribution in [0.25, 0.3) is 0 Å². The van der Waals surface area contributed by atoms with E-state index in [0.717, 1.165) is 49.5 Å². The van der Waals surface area contributed by atoms with E-state index in [4.69, 9.17) is 22.1 Å². The summed E-state index contributed by atoms with van der Waals surface area (Å²) >= 11 is 6.42. The number of ether oxygens (including phenoxy) is 1. The topological polar surface area (TPSA) is 38.5 Å². The molecule has 1 aliphatic rings. The van der Waals surface area contributed by atoms with Gasteiger partial charge in [0.05, 0.1) is 12.1 Å². The third-order valence-electron chi connectivity index (χ3n) is 4.31. The highest BCUT2D eigenvalue weighted by Gasteiger charge is 2.31. The number of nitrogens with two attached hydrogens (primary N) is 1. The smallest absolute Gasteiger partial charge is 0.0702 e. The molecule has 1 aromatic rings. The van der Waals surface area contributed by atoms with Crippen LogP contribution in [-0.4, -0.2) is 36.7 Å². The van der Waals surface area contributed by atoms with Crippen molar-refractivity contribution in [2.24, 2.45) is 5.73 Å². The minimum atomic E-state index is 0.0882. The van der Waals surface area contributed by atoms with Gasteiger partial charge >= 0.3 is 0 Å². The van der Waals surface area contributed by atoms with Crippen LogP contribution in [0.4, 0.5) is 0 Å². The number of likely N-dealkylation sites (tertiary alicyclic amines) is 1. The van der Waals surface area contributed by atoms with Gasteiger partial charge in [-0.2, -0.15) is 0 Å². The van der Waals surface area contributed by atoms with E-state index < -0.39 is 0 Å². The molecule has 2 rings (SSSR count). The van der Waals surface area contributed by atoms with Gasteiger partial charge in [0.25, 0.3) is 0 Å². The summed E-state index contributed by atoms with van der Waals surface area (Å²) < 4.78 is 5.83. The second-order valence-electron chi connectivity index (χ2n) is 5.75. The van der Waals surface area contributed by atoms with Gasteiger partial charge in [-0.3, -0.25) is 4.90 Å². The highest BCUT2D eigenvalue weighted by molar-refractivity contribution is 6.31. The van der Waals surface area contributed by atoms with Crippen molar-refractivity contribution in [2.75, 3.05) is 19.7 Å². The molecule has 3 nitrogen and oxygen atoms in total. The fourth-order valence-corrected chi connectivity index (χ4v) is 3.47. The molecule has 0 aromatic heterocycles. The molecule has 21 heavy (non-hydrogen) atoms. The van der Waals surface area contributed by atoms with Gasteiger partial charge in [-0.15, -0.1) is 0 Å². The number of benzene rings is 1. The van der Waals surface area contributed by atoms with Crippen LogP contribution in [0.5, 0.6) is 0 Å². The Balaban J connectivity index is 2.22. The van der Waals surface area contributed by atoms with Gasteiger partial charge in [-0.25, -0.2) is 0 Å². The molecule has 1 heterocycles. The Kier molecular flexibility index (Phi) is 6.49. The molecule has 0 spiro atoms. The Labute approximate surface area is 133 Å². The van der Waals surface area contributed by atoms with E-state index in [0.29, 0.717) is 6.10 Å². The Bertz CT molecular complexity index is 439. The van der Waals surface area contributed by atoms with Crippen molar-refractivity contribution in [1.29, 1.82) is 0 Å². The summed E-state index contributed by atoms with van der Waals surface area (Å²) in [5.74, 6) is 0. The molecule has 3 atom stereocenters. The minimum Gasteiger partial charge on any atom is -0.377 e. The summed E-state index contributed by atoms with van der Waals surface area (Å²) in [6, 6.07) is 8.33. The highest BCUT2D eigenvalue weighted by atomic mass is 35.5. The number of hydrogen-bond donors (Lipinski definition) is 1. The standard InChI is InChI=1S/C17H27ClN2O/c1-3-16(19)17(14-9-5-6-10-15(14)18)20-11-7-8-13(12-20)21-4-2/h5-6,9-10,13,16-17H,3-4,7-8,11-12,19H2,1-2H3. The van der Waals surface area contributed by atoms with Crippen LogP contribution in [0, 0.1) is 0 Å². The molecule has 4 heteroatoms. The Morgan fingerprint density at radius 3 is 2.81 bits per heavy atom. The highest BCUT2D eigenvalue weighted by Crippen LogP contribution is 2.33. The predicted octanol–water partition coefficient (Wildman–Crippen LogP) is 3.62. The predicted molar refractivity (Wildman–Crippen MR) is 88.7 cm³/mol. The summed E-state index contributed by atoms with van der Waals surface area (Å²) in [5, 5.41) is 0.810. The van der Waals surface area contributed by atoms with E-state index in [1.807, 2.05) is 18.2 Å². The van der Waals surface area contributed by atoms with Crippen LogP contribution in [0.15, 0.2) is 24.3 Å². The van der Waals surface area contributed by atoms with Gasteiger partial charge in [-0.1, -0.05) is 36.7 Å².